The van der Waals surface area contributed by atoms with Crippen molar-refractivity contribution in [3.63, 3.8) is 0 Å². The molecule has 1 aliphatic heterocycles. The van der Waals surface area contributed by atoms with Crippen LogP contribution in [0.25, 0.3) is 11.1 Å². The fraction of sp³-hybridized carbons (Fsp3) is 0.360. The molecule has 0 radical (unpaired) electrons. The fourth-order valence-corrected chi connectivity index (χ4v) is 4.36. The third kappa shape index (κ3) is 4.97. The van der Waals surface area contributed by atoms with Gasteiger partial charge in [-0.25, -0.2) is 14.8 Å². The minimum atomic E-state index is -0.476. The number of nitrogens with zero attached hydrogens (tertiary/aromatic N) is 4. The number of aryl methyl sites for hydroxylation is 1. The van der Waals surface area contributed by atoms with E-state index in [0.29, 0.717) is 28.9 Å². The maximum atomic E-state index is 11.4. The molecule has 0 bridgehead atoms. The van der Waals surface area contributed by atoms with Crippen LogP contribution < -0.4 is 26.6 Å². The third-order valence-corrected chi connectivity index (χ3v) is 6.56. The molecule has 2 fully saturated rings. The smallest absolute Gasteiger partial charge is 0.408 e. The van der Waals surface area contributed by atoms with Gasteiger partial charge >= 0.3 is 5.76 Å². The molecule has 10 heteroatoms. The molecular weight excluding hydrogens is 444 g/mol. The Morgan fingerprint density at radius 2 is 1.97 bits per heavy atom. The number of rotatable bonds is 8. The molecule has 1 atom stereocenters. The van der Waals surface area contributed by atoms with E-state index in [1.165, 1.54) is 12.8 Å². The highest BCUT2D eigenvalue weighted by atomic mass is 16.4. The largest absolute Gasteiger partial charge is 0.417 e. The number of hydrogen-bond donors (Lipinski definition) is 4. The summed E-state index contributed by atoms with van der Waals surface area (Å²) in [6, 6.07) is 9.98. The van der Waals surface area contributed by atoms with Crippen LogP contribution >= 0.6 is 0 Å². The van der Waals surface area contributed by atoms with Crippen molar-refractivity contribution in [2.24, 2.45) is 5.92 Å². The molecule has 1 aliphatic carbocycles. The monoisotopic (exact) mass is 472 g/mol. The number of hydrogen-bond acceptors (Lipinski definition) is 9. The molecular formula is C25H28N8O2. The first kappa shape index (κ1) is 21.6. The molecule has 6 rings (SSSR count). The lowest BCUT2D eigenvalue weighted by atomic mass is 10.2. The second-order valence-corrected chi connectivity index (χ2v) is 9.39. The number of benzene rings is 1. The summed E-state index contributed by atoms with van der Waals surface area (Å²) in [6.07, 6.45) is 7.50. The SMILES string of the molecule is Cc1cnc(Nc2ccc(N3CCC(NCC4CC4)C3)nc2)nc1Nc1ccc2oc(=O)[nH]c2c1. The Kier molecular flexibility index (Phi) is 5.57. The van der Waals surface area contributed by atoms with Gasteiger partial charge in [-0.3, -0.25) is 4.98 Å². The minimum Gasteiger partial charge on any atom is -0.408 e. The lowest BCUT2D eigenvalue weighted by molar-refractivity contribution is 0.530. The molecule has 1 aromatic carbocycles. The highest BCUT2D eigenvalue weighted by Crippen LogP contribution is 2.28. The second-order valence-electron chi connectivity index (χ2n) is 9.39. The van der Waals surface area contributed by atoms with E-state index in [4.69, 9.17) is 4.42 Å². The maximum absolute atomic E-state index is 11.4. The number of fused-ring (bicyclic) bond motifs is 1. The molecule has 2 aliphatic rings. The summed E-state index contributed by atoms with van der Waals surface area (Å²) >= 11 is 0. The zero-order valence-electron chi connectivity index (χ0n) is 19.5. The van der Waals surface area contributed by atoms with E-state index in [9.17, 15) is 4.79 Å². The van der Waals surface area contributed by atoms with E-state index in [1.54, 1.807) is 12.3 Å². The van der Waals surface area contributed by atoms with Crippen LogP contribution in [0.1, 0.15) is 24.8 Å². The molecule has 4 heterocycles. The summed E-state index contributed by atoms with van der Waals surface area (Å²) in [5.74, 6) is 2.55. The van der Waals surface area contributed by atoms with Gasteiger partial charge in [0.15, 0.2) is 5.58 Å². The van der Waals surface area contributed by atoms with Gasteiger partial charge in [-0.15, -0.1) is 0 Å². The number of nitrogens with one attached hydrogen (secondary N) is 4. The highest BCUT2D eigenvalue weighted by Gasteiger charge is 2.26. The first-order valence-corrected chi connectivity index (χ1v) is 12.0. The zero-order valence-corrected chi connectivity index (χ0v) is 19.5. The van der Waals surface area contributed by atoms with Crippen LogP contribution in [-0.2, 0) is 0 Å². The Morgan fingerprint density at radius 1 is 1.09 bits per heavy atom. The topological polar surface area (TPSA) is 124 Å². The molecule has 4 N–H and O–H groups in total. The number of aromatic nitrogens is 4. The molecule has 1 saturated carbocycles. The van der Waals surface area contributed by atoms with Crippen molar-refractivity contribution < 1.29 is 4.42 Å². The molecule has 35 heavy (non-hydrogen) atoms. The summed E-state index contributed by atoms with van der Waals surface area (Å²) in [5, 5.41) is 10.2. The summed E-state index contributed by atoms with van der Waals surface area (Å²) in [6.45, 7) is 5.11. The zero-order chi connectivity index (χ0) is 23.8. The average Bonchev–Trinajstić information content (AvgIpc) is 3.43. The number of anilines is 5. The minimum absolute atomic E-state index is 0.468. The van der Waals surface area contributed by atoms with Crippen molar-refractivity contribution in [1.29, 1.82) is 0 Å². The van der Waals surface area contributed by atoms with Crippen LogP contribution in [0, 0.1) is 12.8 Å². The Labute approximate surface area is 202 Å². The number of H-pyrrole nitrogens is 1. The van der Waals surface area contributed by atoms with E-state index in [0.717, 1.165) is 54.7 Å². The molecule has 0 spiro atoms. The third-order valence-electron chi connectivity index (χ3n) is 6.56. The van der Waals surface area contributed by atoms with Crippen LogP contribution in [0.4, 0.5) is 29.0 Å². The normalized spacial score (nSPS) is 17.7. The molecule has 1 saturated heterocycles. The van der Waals surface area contributed by atoms with Crippen LogP contribution in [0.3, 0.4) is 0 Å². The van der Waals surface area contributed by atoms with Gasteiger partial charge in [-0.2, -0.15) is 4.98 Å². The summed E-state index contributed by atoms with van der Waals surface area (Å²) in [7, 11) is 0. The number of oxazole rings is 1. The van der Waals surface area contributed by atoms with Gasteiger partial charge in [0.1, 0.15) is 11.6 Å². The maximum Gasteiger partial charge on any atom is 0.417 e. The van der Waals surface area contributed by atoms with Gasteiger partial charge in [-0.05, 0) is 69.0 Å². The summed E-state index contributed by atoms with van der Waals surface area (Å²) in [5.41, 5.74) is 3.63. The Balaban J connectivity index is 1.10. The standard InChI is InChI=1S/C25H28N8O2/c1-15-11-28-24(32-23(15)29-17-4-6-21-20(10-17)31-25(34)35-21)30-18-5-7-22(27-13-18)33-9-8-19(14-33)26-12-16-2-3-16/h4-7,10-11,13,16,19,26H,2-3,8-9,12,14H2,1H3,(H,31,34)(H2,28,29,30,32). The van der Waals surface area contributed by atoms with E-state index in [1.807, 2.05) is 37.4 Å². The fourth-order valence-electron chi connectivity index (χ4n) is 4.36. The van der Waals surface area contributed by atoms with E-state index < -0.39 is 5.76 Å². The average molecular weight is 473 g/mol. The van der Waals surface area contributed by atoms with Gasteiger partial charge in [-0.1, -0.05) is 0 Å². The van der Waals surface area contributed by atoms with Crippen molar-refractivity contribution in [3.05, 3.63) is 58.8 Å². The predicted molar refractivity (Wildman–Crippen MR) is 136 cm³/mol. The summed E-state index contributed by atoms with van der Waals surface area (Å²) < 4.78 is 5.06. The first-order valence-electron chi connectivity index (χ1n) is 12.0. The Bertz CT molecular complexity index is 1390. The van der Waals surface area contributed by atoms with Crippen molar-refractivity contribution in [3.8, 4) is 0 Å². The quantitative estimate of drug-likeness (QED) is 0.304. The lowest BCUT2D eigenvalue weighted by Gasteiger charge is -2.18. The molecule has 0 amide bonds. The Hall–Kier alpha value is -3.92. The predicted octanol–water partition coefficient (Wildman–Crippen LogP) is 3.68. The van der Waals surface area contributed by atoms with E-state index in [2.05, 4.69) is 40.8 Å². The molecule has 180 valence electrons. The number of aromatic amines is 1. The van der Waals surface area contributed by atoms with Gasteiger partial charge < -0.3 is 25.3 Å². The molecule has 1 unspecified atom stereocenters. The number of pyridine rings is 1. The molecule has 3 aromatic heterocycles. The van der Waals surface area contributed by atoms with Gasteiger partial charge in [0.25, 0.3) is 0 Å². The van der Waals surface area contributed by atoms with Crippen molar-refractivity contribution in [2.45, 2.75) is 32.2 Å². The Morgan fingerprint density at radius 3 is 2.80 bits per heavy atom. The highest BCUT2D eigenvalue weighted by molar-refractivity contribution is 5.78. The van der Waals surface area contributed by atoms with Crippen LogP contribution in [0.2, 0.25) is 0 Å². The van der Waals surface area contributed by atoms with Crippen LogP contribution in [-0.4, -0.2) is 45.6 Å². The summed E-state index contributed by atoms with van der Waals surface area (Å²) in [4.78, 5) is 30.1. The second kappa shape index (κ2) is 9.03. The van der Waals surface area contributed by atoms with Gasteiger partial charge in [0.2, 0.25) is 5.95 Å². The lowest BCUT2D eigenvalue weighted by Crippen LogP contribution is -2.34. The van der Waals surface area contributed by atoms with Crippen molar-refractivity contribution in [2.75, 3.05) is 35.2 Å². The van der Waals surface area contributed by atoms with Gasteiger partial charge in [0.05, 0.1) is 17.4 Å². The first-order chi connectivity index (χ1) is 17.1. The van der Waals surface area contributed by atoms with E-state index in [-0.39, 0.29) is 0 Å². The van der Waals surface area contributed by atoms with Crippen molar-refractivity contribution >= 4 is 40.1 Å². The molecule has 4 aromatic rings. The van der Waals surface area contributed by atoms with Crippen LogP contribution in [0.5, 0.6) is 0 Å². The van der Waals surface area contributed by atoms with Crippen molar-refractivity contribution in [1.82, 2.24) is 25.3 Å². The molecule has 10 nitrogen and oxygen atoms in total. The van der Waals surface area contributed by atoms with E-state index >= 15 is 0 Å². The van der Waals surface area contributed by atoms with Gasteiger partial charge in [0, 0.05) is 36.6 Å². The van der Waals surface area contributed by atoms with Crippen LogP contribution in [0.15, 0.2) is 51.9 Å².